The molecule has 2 aromatic rings. The number of carbonyl (C=O) groups is 7. The van der Waals surface area contributed by atoms with E-state index >= 15 is 0 Å². The molecule has 6 aliphatic heterocycles. The maximum absolute atomic E-state index is 13.4. The standard InChI is InChI=1S/C56H74N2O27S/c1-13-86-54-50-46(83-56(11,12)85-50)42(38(78-54)25-69-34-17-15-19-58-21-34)81-53-49-45(82-55(9,10)84-49)41(37(77-53)24-68-33-16-14-18-57-20-33)80-52-48(74-32(8)65)44(72-30(6)63)40(36(76-52)23-67-27(3)60)79-51-47(73-31(7)64)43(71-29(5)62)39(70-28(4)61)35(75-51)22-66-26(2)59/h14-21,35-54H,13,22-25H2,1-12H3/t35-,36-,37-,38-,39-,40-,41-,42-,43+,44+,45+,46+,47-,48-,49-,50-,51+,52+,53+,54+/m1/s1. The van der Waals surface area contributed by atoms with Crippen LogP contribution in [-0.2, 0) is 119 Å². The zero-order chi connectivity index (χ0) is 62.2. The predicted octanol–water partition coefficient (Wildman–Crippen LogP) is 2.57. The molecule has 8 heterocycles. The largest absolute Gasteiger partial charge is 0.489 e. The van der Waals surface area contributed by atoms with Crippen molar-refractivity contribution >= 4 is 53.5 Å². The number of pyridine rings is 2. The molecule has 0 bridgehead atoms. The SMILES string of the molecule is CCS[C@@H]1O[C@H](COc2cccnc2)[C@@H](O[C@@H]2O[C@H](COc3cccnc3)[C@@H](O[C@@H]3O[C@H](COC(C)=O)[C@@H](O[C@@H]4O[C@H](COC(C)=O)[C@@H](OC(C)=O)[C@H](OC(C)=O)[C@H]4OC(C)=O)[C@H](OC(C)=O)[C@H]3OC(C)=O)[C@@H]3OC(C)(C)O[C@@H]23)[C@@H]2OC(C)(C)O[C@H]21. The van der Waals surface area contributed by atoms with Gasteiger partial charge in [0, 0.05) is 60.9 Å². The molecular formula is C56H74N2O27S. The van der Waals surface area contributed by atoms with E-state index in [1.807, 2.05) is 6.92 Å². The summed E-state index contributed by atoms with van der Waals surface area (Å²) in [5, 5.41) is 0. The minimum atomic E-state index is -1.93. The van der Waals surface area contributed by atoms with Crippen molar-refractivity contribution in [2.24, 2.45) is 0 Å². The number of carbonyl (C=O) groups excluding carboxylic acids is 7. The van der Waals surface area contributed by atoms with Gasteiger partial charge >= 0.3 is 41.8 Å². The Kier molecular flexibility index (Phi) is 22.2. The molecule has 476 valence electrons. The van der Waals surface area contributed by atoms with E-state index in [-0.39, 0.29) is 13.2 Å². The van der Waals surface area contributed by atoms with Crippen molar-refractivity contribution in [3.05, 3.63) is 49.1 Å². The van der Waals surface area contributed by atoms with Crippen LogP contribution < -0.4 is 9.47 Å². The summed E-state index contributed by atoms with van der Waals surface area (Å²) in [6.45, 7) is 14.6. The molecule has 0 amide bonds. The lowest BCUT2D eigenvalue weighted by Crippen LogP contribution is -2.68. The minimum Gasteiger partial charge on any atom is -0.489 e. The third kappa shape index (κ3) is 17.0. The third-order valence-electron chi connectivity index (χ3n) is 13.8. The van der Waals surface area contributed by atoms with E-state index in [0.717, 1.165) is 48.5 Å². The van der Waals surface area contributed by atoms with E-state index in [1.165, 1.54) is 18.0 Å². The first-order valence-corrected chi connectivity index (χ1v) is 28.9. The normalized spacial score (nSPS) is 35.1. The molecule has 6 saturated heterocycles. The molecule has 0 spiro atoms. The van der Waals surface area contributed by atoms with Gasteiger partial charge in [-0.25, -0.2) is 0 Å². The Morgan fingerprint density at radius 3 is 1.27 bits per heavy atom. The molecule has 6 aliphatic rings. The summed E-state index contributed by atoms with van der Waals surface area (Å²) in [6, 6.07) is 6.80. The monoisotopic (exact) mass is 1240 g/mol. The van der Waals surface area contributed by atoms with Crippen molar-refractivity contribution in [1.82, 2.24) is 9.97 Å². The third-order valence-corrected chi connectivity index (χ3v) is 14.8. The Bertz CT molecular complexity index is 2660. The first-order chi connectivity index (χ1) is 40.8. The maximum atomic E-state index is 13.4. The zero-order valence-electron chi connectivity index (χ0n) is 49.5. The van der Waals surface area contributed by atoms with E-state index in [9.17, 15) is 33.6 Å². The van der Waals surface area contributed by atoms with Crippen LogP contribution in [0.1, 0.15) is 83.1 Å². The van der Waals surface area contributed by atoms with Gasteiger partial charge in [0.25, 0.3) is 0 Å². The first-order valence-electron chi connectivity index (χ1n) is 27.9. The summed E-state index contributed by atoms with van der Waals surface area (Å²) >= 11 is 1.53. The Balaban J connectivity index is 1.18. The van der Waals surface area contributed by atoms with E-state index in [1.54, 1.807) is 70.6 Å². The Hall–Kier alpha value is -5.90. The molecule has 20 atom stereocenters. The van der Waals surface area contributed by atoms with Gasteiger partial charge in [0.2, 0.25) is 0 Å². The summed E-state index contributed by atoms with van der Waals surface area (Å²) in [5.41, 5.74) is -0.504. The van der Waals surface area contributed by atoms with Crippen molar-refractivity contribution < 1.29 is 128 Å². The second-order valence-electron chi connectivity index (χ2n) is 21.5. The van der Waals surface area contributed by atoms with Crippen LogP contribution in [0.4, 0.5) is 0 Å². The summed E-state index contributed by atoms with van der Waals surface area (Å²) in [5.74, 6) is -7.32. The van der Waals surface area contributed by atoms with Crippen LogP contribution in [-0.4, -0.2) is 217 Å². The molecular weight excluding hydrogens is 1160 g/mol. The number of ether oxygens (including phenoxy) is 20. The number of aromatic nitrogens is 2. The highest BCUT2D eigenvalue weighted by molar-refractivity contribution is 7.99. The van der Waals surface area contributed by atoms with Crippen molar-refractivity contribution in [3.63, 3.8) is 0 Å². The fraction of sp³-hybridized carbons (Fsp3) is 0.696. The molecule has 8 rings (SSSR count). The van der Waals surface area contributed by atoms with Gasteiger partial charge in [-0.05, 0) is 57.7 Å². The Morgan fingerprint density at radius 2 is 0.814 bits per heavy atom. The molecule has 6 fully saturated rings. The van der Waals surface area contributed by atoms with Gasteiger partial charge in [0.05, 0.1) is 12.4 Å². The predicted molar refractivity (Wildman–Crippen MR) is 286 cm³/mol. The minimum absolute atomic E-state index is 0.0277. The van der Waals surface area contributed by atoms with Crippen LogP contribution in [0, 0.1) is 0 Å². The lowest BCUT2D eigenvalue weighted by atomic mass is 9.95. The second-order valence-corrected chi connectivity index (χ2v) is 22.9. The van der Waals surface area contributed by atoms with Crippen LogP contribution in [0.15, 0.2) is 49.1 Å². The van der Waals surface area contributed by atoms with Crippen LogP contribution in [0.2, 0.25) is 0 Å². The lowest BCUT2D eigenvalue weighted by molar-refractivity contribution is -0.378. The van der Waals surface area contributed by atoms with Gasteiger partial charge in [-0.2, -0.15) is 0 Å². The zero-order valence-corrected chi connectivity index (χ0v) is 50.3. The molecule has 2 aromatic heterocycles. The van der Waals surface area contributed by atoms with Crippen LogP contribution in [0.3, 0.4) is 0 Å². The average Bonchev–Trinajstić information content (AvgIpc) is 1.49. The van der Waals surface area contributed by atoms with Crippen molar-refractivity contribution in [2.45, 2.75) is 217 Å². The van der Waals surface area contributed by atoms with E-state index in [4.69, 9.17) is 94.7 Å². The smallest absolute Gasteiger partial charge is 0.303 e. The number of esters is 7. The molecule has 0 saturated carbocycles. The molecule has 86 heavy (non-hydrogen) atoms. The number of rotatable bonds is 23. The quantitative estimate of drug-likeness (QED) is 0.114. The van der Waals surface area contributed by atoms with E-state index < -0.39 is 189 Å². The summed E-state index contributed by atoms with van der Waals surface area (Å²) in [7, 11) is 0. The van der Waals surface area contributed by atoms with Crippen LogP contribution in [0.25, 0.3) is 0 Å². The molecule has 0 radical (unpaired) electrons. The molecule has 0 aliphatic carbocycles. The van der Waals surface area contributed by atoms with Crippen molar-refractivity contribution in [2.75, 3.05) is 32.2 Å². The van der Waals surface area contributed by atoms with Crippen LogP contribution >= 0.6 is 11.8 Å². The highest BCUT2D eigenvalue weighted by atomic mass is 32.2. The molecule has 29 nitrogen and oxygen atoms in total. The summed E-state index contributed by atoms with van der Waals surface area (Å²) in [4.78, 5) is 98.2. The molecule has 0 unspecified atom stereocenters. The number of nitrogens with zero attached hydrogens (tertiary/aromatic N) is 2. The summed E-state index contributed by atoms with van der Waals surface area (Å²) in [6.07, 6.45) is -20.7. The fourth-order valence-corrected chi connectivity index (χ4v) is 11.7. The van der Waals surface area contributed by atoms with Gasteiger partial charge in [-0.15, -0.1) is 11.8 Å². The van der Waals surface area contributed by atoms with E-state index in [2.05, 4.69) is 9.97 Å². The van der Waals surface area contributed by atoms with Gasteiger partial charge in [0.1, 0.15) is 111 Å². The summed E-state index contributed by atoms with van der Waals surface area (Å²) < 4.78 is 126. The number of hydrogen-bond donors (Lipinski definition) is 0. The number of hydrogen-bond acceptors (Lipinski definition) is 30. The molecule has 30 heteroatoms. The maximum Gasteiger partial charge on any atom is 0.303 e. The number of thioether (sulfide) groups is 1. The van der Waals surface area contributed by atoms with Crippen molar-refractivity contribution in [1.29, 1.82) is 0 Å². The number of fused-ring (bicyclic) bond motifs is 2. The van der Waals surface area contributed by atoms with Crippen molar-refractivity contribution in [3.8, 4) is 11.5 Å². The highest BCUT2D eigenvalue weighted by Gasteiger charge is 2.64. The molecule has 0 aromatic carbocycles. The first kappa shape index (κ1) is 66.1. The van der Waals surface area contributed by atoms with Gasteiger partial charge in [-0.1, -0.05) is 6.92 Å². The van der Waals surface area contributed by atoms with E-state index in [0.29, 0.717) is 17.3 Å². The second kappa shape index (κ2) is 28.9. The van der Waals surface area contributed by atoms with Crippen LogP contribution in [0.5, 0.6) is 11.5 Å². The average molecular weight is 1240 g/mol. The topological polar surface area (TPSA) is 330 Å². The van der Waals surface area contributed by atoms with Gasteiger partial charge < -0.3 is 94.7 Å². The lowest BCUT2D eigenvalue weighted by Gasteiger charge is -2.50. The van der Waals surface area contributed by atoms with Gasteiger partial charge in [0.15, 0.2) is 61.0 Å². The van der Waals surface area contributed by atoms with Gasteiger partial charge in [-0.3, -0.25) is 43.5 Å². The Labute approximate surface area is 499 Å². The highest BCUT2D eigenvalue weighted by Crippen LogP contribution is 2.46. The Morgan fingerprint density at radius 1 is 0.442 bits per heavy atom. The molecule has 0 N–H and O–H groups in total. The fourth-order valence-electron chi connectivity index (χ4n) is 10.8.